The highest BCUT2D eigenvalue weighted by molar-refractivity contribution is 5.66. The summed E-state index contributed by atoms with van der Waals surface area (Å²) in [6.45, 7) is 5.08. The van der Waals surface area contributed by atoms with Crippen molar-refractivity contribution < 1.29 is 15.0 Å². The van der Waals surface area contributed by atoms with E-state index in [4.69, 9.17) is 5.11 Å². The molecule has 0 spiro atoms. The average Bonchev–Trinajstić information content (AvgIpc) is 2.52. The van der Waals surface area contributed by atoms with Gasteiger partial charge in [-0.3, -0.25) is 4.79 Å². The molecule has 112 valence electrons. The van der Waals surface area contributed by atoms with Gasteiger partial charge in [-0.15, -0.1) is 0 Å². The van der Waals surface area contributed by atoms with E-state index in [-0.39, 0.29) is 24.0 Å². The van der Waals surface area contributed by atoms with Crippen LogP contribution >= 0.6 is 0 Å². The summed E-state index contributed by atoms with van der Waals surface area (Å²) in [4.78, 5) is 10.6. The molecule has 3 N–H and O–H groups in total. The molecular formula is C15H29NO3. The molecule has 0 aromatic rings. The fourth-order valence-electron chi connectivity index (χ4n) is 2.69. The maximum absolute atomic E-state index is 10.6. The molecule has 0 heterocycles. The smallest absolute Gasteiger partial charge is 0.303 e. The quantitative estimate of drug-likeness (QED) is 0.622. The Morgan fingerprint density at radius 2 is 1.89 bits per heavy atom. The number of rotatable bonds is 7. The topological polar surface area (TPSA) is 69.6 Å². The summed E-state index contributed by atoms with van der Waals surface area (Å²) in [6.07, 6.45) is 7.17. The van der Waals surface area contributed by atoms with E-state index in [9.17, 15) is 9.90 Å². The van der Waals surface area contributed by atoms with Crippen molar-refractivity contribution in [2.45, 2.75) is 77.4 Å². The standard InChI is InChI=1S/C15H29NO3/c1-15(2,9-8-14(18)19)10-11-16-12-6-4-3-5-7-13(12)17/h12-13,16-17H,3-11H2,1-2H3,(H,18,19). The highest BCUT2D eigenvalue weighted by atomic mass is 16.4. The van der Waals surface area contributed by atoms with Gasteiger partial charge in [0.1, 0.15) is 0 Å². The Morgan fingerprint density at radius 1 is 1.21 bits per heavy atom. The summed E-state index contributed by atoms with van der Waals surface area (Å²) in [5.74, 6) is -0.722. The molecule has 0 aliphatic heterocycles. The summed E-state index contributed by atoms with van der Waals surface area (Å²) in [6, 6.07) is 0.220. The number of aliphatic hydroxyl groups excluding tert-OH is 1. The van der Waals surface area contributed by atoms with Crippen molar-refractivity contribution in [3.8, 4) is 0 Å². The highest BCUT2D eigenvalue weighted by Crippen LogP contribution is 2.26. The summed E-state index contributed by atoms with van der Waals surface area (Å²) < 4.78 is 0. The van der Waals surface area contributed by atoms with Gasteiger partial charge in [-0.1, -0.05) is 33.1 Å². The Hall–Kier alpha value is -0.610. The first-order chi connectivity index (χ1) is 8.91. The zero-order valence-electron chi connectivity index (χ0n) is 12.3. The second-order valence-corrected chi connectivity index (χ2v) is 6.57. The van der Waals surface area contributed by atoms with Gasteiger partial charge in [0.25, 0.3) is 0 Å². The first-order valence-electron chi connectivity index (χ1n) is 7.54. The van der Waals surface area contributed by atoms with E-state index in [1.54, 1.807) is 0 Å². The molecule has 4 heteroatoms. The lowest BCUT2D eigenvalue weighted by Gasteiger charge is -2.27. The van der Waals surface area contributed by atoms with Crippen LogP contribution in [0.25, 0.3) is 0 Å². The van der Waals surface area contributed by atoms with Gasteiger partial charge in [-0.2, -0.15) is 0 Å². The molecule has 1 aliphatic rings. The zero-order chi connectivity index (χ0) is 14.3. The lowest BCUT2D eigenvalue weighted by Crippen LogP contribution is -2.40. The molecule has 1 rings (SSSR count). The molecule has 2 atom stereocenters. The Morgan fingerprint density at radius 3 is 2.58 bits per heavy atom. The molecule has 1 fully saturated rings. The predicted molar refractivity (Wildman–Crippen MR) is 76.2 cm³/mol. The molecule has 0 aromatic carbocycles. The maximum Gasteiger partial charge on any atom is 0.303 e. The number of aliphatic hydroxyl groups is 1. The number of carboxylic acids is 1. The first-order valence-corrected chi connectivity index (χ1v) is 7.54. The van der Waals surface area contributed by atoms with E-state index < -0.39 is 5.97 Å². The second-order valence-electron chi connectivity index (χ2n) is 6.57. The largest absolute Gasteiger partial charge is 0.481 e. The Balaban J connectivity index is 2.25. The van der Waals surface area contributed by atoms with Crippen LogP contribution < -0.4 is 5.32 Å². The van der Waals surface area contributed by atoms with Gasteiger partial charge >= 0.3 is 5.97 Å². The van der Waals surface area contributed by atoms with E-state index in [0.29, 0.717) is 6.42 Å². The molecule has 0 aromatic heterocycles. The van der Waals surface area contributed by atoms with Gasteiger partial charge in [0.2, 0.25) is 0 Å². The third-order valence-electron chi connectivity index (χ3n) is 4.20. The third-order valence-corrected chi connectivity index (χ3v) is 4.20. The SMILES string of the molecule is CC(C)(CCNC1CCCCCC1O)CCC(=O)O. The van der Waals surface area contributed by atoms with Gasteiger partial charge in [0.15, 0.2) is 0 Å². The van der Waals surface area contributed by atoms with Gasteiger partial charge in [0, 0.05) is 12.5 Å². The minimum Gasteiger partial charge on any atom is -0.481 e. The van der Waals surface area contributed by atoms with Gasteiger partial charge in [-0.25, -0.2) is 0 Å². The van der Waals surface area contributed by atoms with Crippen LogP contribution in [-0.4, -0.2) is 34.9 Å². The molecule has 1 aliphatic carbocycles. The van der Waals surface area contributed by atoms with Crippen molar-refractivity contribution in [1.82, 2.24) is 5.32 Å². The van der Waals surface area contributed by atoms with Gasteiger partial charge < -0.3 is 15.5 Å². The molecule has 1 saturated carbocycles. The van der Waals surface area contributed by atoms with Gasteiger partial charge in [-0.05, 0) is 37.6 Å². The maximum atomic E-state index is 10.6. The molecule has 0 bridgehead atoms. The molecular weight excluding hydrogens is 242 g/mol. The lowest BCUT2D eigenvalue weighted by molar-refractivity contribution is -0.137. The van der Waals surface area contributed by atoms with Crippen LogP contribution in [0, 0.1) is 5.41 Å². The van der Waals surface area contributed by atoms with E-state index >= 15 is 0 Å². The third kappa shape index (κ3) is 6.92. The van der Waals surface area contributed by atoms with Crippen LogP contribution in [0.3, 0.4) is 0 Å². The molecule has 0 amide bonds. The highest BCUT2D eigenvalue weighted by Gasteiger charge is 2.23. The Labute approximate surface area is 116 Å². The molecule has 0 radical (unpaired) electrons. The Bertz CT molecular complexity index is 279. The second kappa shape index (κ2) is 7.85. The van der Waals surface area contributed by atoms with Crippen LogP contribution in [0.15, 0.2) is 0 Å². The number of nitrogens with one attached hydrogen (secondary N) is 1. The van der Waals surface area contributed by atoms with Crippen LogP contribution in [0.2, 0.25) is 0 Å². The van der Waals surface area contributed by atoms with Crippen LogP contribution in [0.4, 0.5) is 0 Å². The van der Waals surface area contributed by atoms with Crippen molar-refractivity contribution in [2.24, 2.45) is 5.41 Å². The fraction of sp³-hybridized carbons (Fsp3) is 0.933. The lowest BCUT2D eigenvalue weighted by atomic mass is 9.84. The van der Waals surface area contributed by atoms with Crippen LogP contribution in [-0.2, 0) is 4.79 Å². The predicted octanol–water partition coefficient (Wildman–Crippen LogP) is 2.55. The number of carbonyl (C=O) groups is 1. The monoisotopic (exact) mass is 271 g/mol. The van der Waals surface area contributed by atoms with Crippen molar-refractivity contribution in [3.05, 3.63) is 0 Å². The van der Waals surface area contributed by atoms with E-state index in [1.807, 2.05) is 0 Å². The van der Waals surface area contributed by atoms with Crippen LogP contribution in [0.5, 0.6) is 0 Å². The summed E-state index contributed by atoms with van der Waals surface area (Å²) in [5, 5.41) is 22.2. The number of hydrogen-bond donors (Lipinski definition) is 3. The molecule has 4 nitrogen and oxygen atoms in total. The number of carboxylic acid groups (broad SMARTS) is 1. The zero-order valence-corrected chi connectivity index (χ0v) is 12.3. The molecule has 2 unspecified atom stereocenters. The normalized spacial score (nSPS) is 25.0. The fourth-order valence-corrected chi connectivity index (χ4v) is 2.69. The number of aliphatic carboxylic acids is 1. The van der Waals surface area contributed by atoms with E-state index in [0.717, 1.165) is 32.2 Å². The van der Waals surface area contributed by atoms with E-state index in [1.165, 1.54) is 12.8 Å². The Kier molecular flexibility index (Phi) is 6.80. The summed E-state index contributed by atoms with van der Waals surface area (Å²) in [7, 11) is 0. The summed E-state index contributed by atoms with van der Waals surface area (Å²) in [5.41, 5.74) is 0.0427. The average molecular weight is 271 g/mol. The molecule has 0 saturated heterocycles. The van der Waals surface area contributed by atoms with Gasteiger partial charge in [0.05, 0.1) is 6.10 Å². The minimum atomic E-state index is -0.722. The van der Waals surface area contributed by atoms with Crippen molar-refractivity contribution in [2.75, 3.05) is 6.54 Å². The van der Waals surface area contributed by atoms with Crippen molar-refractivity contribution in [3.63, 3.8) is 0 Å². The van der Waals surface area contributed by atoms with Crippen LogP contribution in [0.1, 0.15) is 65.2 Å². The van der Waals surface area contributed by atoms with Crippen molar-refractivity contribution in [1.29, 1.82) is 0 Å². The minimum absolute atomic E-state index is 0.0427. The summed E-state index contributed by atoms with van der Waals surface area (Å²) >= 11 is 0. The first kappa shape index (κ1) is 16.4. The van der Waals surface area contributed by atoms with Crippen molar-refractivity contribution >= 4 is 5.97 Å². The van der Waals surface area contributed by atoms with E-state index in [2.05, 4.69) is 19.2 Å². The molecule has 19 heavy (non-hydrogen) atoms. The number of hydrogen-bond acceptors (Lipinski definition) is 3.